The third-order valence-electron chi connectivity index (χ3n) is 2.49. The van der Waals surface area contributed by atoms with Crippen LogP contribution in [0.4, 0.5) is 0 Å². The minimum atomic E-state index is -0.494. The number of hydrogen-bond donors (Lipinski definition) is 1. The van der Waals surface area contributed by atoms with Gasteiger partial charge >= 0.3 is 0 Å². The zero-order valence-electron chi connectivity index (χ0n) is 8.70. The van der Waals surface area contributed by atoms with Gasteiger partial charge in [0.05, 0.1) is 11.0 Å². The number of benzene rings is 1. The van der Waals surface area contributed by atoms with E-state index in [1.165, 1.54) is 11.5 Å². The van der Waals surface area contributed by atoms with Gasteiger partial charge in [-0.05, 0) is 29.7 Å². The van der Waals surface area contributed by atoms with E-state index in [9.17, 15) is 4.79 Å². The summed E-state index contributed by atoms with van der Waals surface area (Å²) in [4.78, 5) is 15.1. The Hall–Kier alpha value is -2.21. The fourth-order valence-corrected chi connectivity index (χ4v) is 2.49. The van der Waals surface area contributed by atoms with Crippen molar-refractivity contribution in [2.24, 2.45) is 5.73 Å². The quantitative estimate of drug-likeness (QED) is 0.743. The molecule has 1 aromatic carbocycles. The van der Waals surface area contributed by atoms with E-state index >= 15 is 0 Å². The summed E-state index contributed by atoms with van der Waals surface area (Å²) in [7, 11) is 0. The lowest BCUT2D eigenvalue weighted by Gasteiger charge is -2.01. The monoisotopic (exact) mass is 244 g/mol. The molecule has 0 unspecified atom stereocenters. The maximum absolute atomic E-state index is 11.1. The van der Waals surface area contributed by atoms with Crippen LogP contribution in [0.2, 0.25) is 0 Å². The molecule has 0 bridgehead atoms. The summed E-state index contributed by atoms with van der Waals surface area (Å²) in [6.45, 7) is 0. The topological polar surface area (TPSA) is 73.8 Å². The Balaban J connectivity index is 2.18. The second-order valence-electron chi connectivity index (χ2n) is 3.55. The minimum Gasteiger partial charge on any atom is -0.364 e. The molecule has 0 radical (unpaired) electrons. The largest absolute Gasteiger partial charge is 0.364 e. The standard InChI is InChI=1S/C11H8N4OS/c12-11(16)10-8-2-1-7(5-9(8)17-14-10)15-4-3-13-6-15/h1-6H,(H2,12,16). The number of hydrogen-bond acceptors (Lipinski definition) is 4. The van der Waals surface area contributed by atoms with Crippen molar-refractivity contribution < 1.29 is 4.79 Å². The average molecular weight is 244 g/mol. The molecular formula is C11H8N4OS. The van der Waals surface area contributed by atoms with Gasteiger partial charge in [-0.2, -0.15) is 4.37 Å². The number of imidazole rings is 1. The first-order valence-corrected chi connectivity index (χ1v) is 5.70. The zero-order chi connectivity index (χ0) is 11.8. The van der Waals surface area contributed by atoms with Crippen molar-refractivity contribution in [3.63, 3.8) is 0 Å². The lowest BCUT2D eigenvalue weighted by atomic mass is 10.2. The van der Waals surface area contributed by atoms with Crippen molar-refractivity contribution in [2.75, 3.05) is 0 Å². The van der Waals surface area contributed by atoms with Crippen molar-refractivity contribution in [1.82, 2.24) is 13.9 Å². The number of fused-ring (bicyclic) bond motifs is 1. The van der Waals surface area contributed by atoms with Crippen LogP contribution in [0.5, 0.6) is 0 Å². The highest BCUT2D eigenvalue weighted by molar-refractivity contribution is 7.13. The molecule has 2 aromatic heterocycles. The molecule has 0 saturated heterocycles. The van der Waals surface area contributed by atoms with Crippen LogP contribution in [0.15, 0.2) is 36.9 Å². The number of aromatic nitrogens is 3. The van der Waals surface area contributed by atoms with E-state index in [-0.39, 0.29) is 0 Å². The molecule has 2 N–H and O–H groups in total. The molecule has 84 valence electrons. The van der Waals surface area contributed by atoms with E-state index < -0.39 is 5.91 Å². The van der Waals surface area contributed by atoms with Gasteiger partial charge < -0.3 is 10.3 Å². The number of primary amides is 1. The molecule has 5 nitrogen and oxygen atoms in total. The van der Waals surface area contributed by atoms with E-state index in [0.717, 1.165) is 15.8 Å². The first-order chi connectivity index (χ1) is 8.25. The Labute approximate surface area is 101 Å². The summed E-state index contributed by atoms with van der Waals surface area (Å²) >= 11 is 1.27. The van der Waals surface area contributed by atoms with Crippen LogP contribution in [0.3, 0.4) is 0 Å². The SMILES string of the molecule is NC(=O)c1nsc2cc(-n3ccnc3)ccc12. The lowest BCUT2D eigenvalue weighted by molar-refractivity contribution is 0.0998. The molecule has 3 aromatic rings. The molecule has 0 aliphatic carbocycles. The highest BCUT2D eigenvalue weighted by atomic mass is 32.1. The van der Waals surface area contributed by atoms with E-state index in [2.05, 4.69) is 9.36 Å². The van der Waals surface area contributed by atoms with Crippen molar-refractivity contribution in [3.8, 4) is 5.69 Å². The van der Waals surface area contributed by atoms with E-state index in [4.69, 9.17) is 5.73 Å². The van der Waals surface area contributed by atoms with Crippen LogP contribution in [-0.2, 0) is 0 Å². The van der Waals surface area contributed by atoms with E-state index in [1.54, 1.807) is 12.5 Å². The predicted octanol–water partition coefficient (Wildman–Crippen LogP) is 1.58. The van der Waals surface area contributed by atoms with Gasteiger partial charge in [0.1, 0.15) is 5.69 Å². The Morgan fingerprint density at radius 3 is 3.00 bits per heavy atom. The molecule has 0 saturated carbocycles. The maximum atomic E-state index is 11.1. The third kappa shape index (κ3) is 1.58. The van der Waals surface area contributed by atoms with Crippen LogP contribution in [0, 0.1) is 0 Å². The molecule has 3 rings (SSSR count). The molecule has 0 aliphatic heterocycles. The Kier molecular flexibility index (Phi) is 2.15. The van der Waals surface area contributed by atoms with Crippen LogP contribution in [0.25, 0.3) is 15.8 Å². The molecule has 1 amide bonds. The summed E-state index contributed by atoms with van der Waals surface area (Å²) in [5, 5.41) is 0.798. The number of rotatable bonds is 2. The number of carbonyl (C=O) groups is 1. The second-order valence-corrected chi connectivity index (χ2v) is 4.35. The zero-order valence-corrected chi connectivity index (χ0v) is 9.52. The smallest absolute Gasteiger partial charge is 0.269 e. The summed E-state index contributed by atoms with van der Waals surface area (Å²) in [6.07, 6.45) is 5.29. The van der Waals surface area contributed by atoms with Gasteiger partial charge in [0, 0.05) is 23.5 Å². The Morgan fingerprint density at radius 2 is 2.29 bits per heavy atom. The van der Waals surface area contributed by atoms with Gasteiger partial charge in [0.2, 0.25) is 0 Å². The van der Waals surface area contributed by atoms with Gasteiger partial charge in [-0.3, -0.25) is 4.79 Å². The van der Waals surface area contributed by atoms with Crippen LogP contribution < -0.4 is 5.73 Å². The van der Waals surface area contributed by atoms with Crippen LogP contribution >= 0.6 is 11.5 Å². The van der Waals surface area contributed by atoms with Crippen LogP contribution in [0.1, 0.15) is 10.5 Å². The summed E-state index contributed by atoms with van der Waals surface area (Å²) < 4.78 is 6.89. The molecule has 6 heteroatoms. The molecule has 0 aliphatic rings. The molecule has 2 heterocycles. The predicted molar refractivity (Wildman–Crippen MR) is 65.3 cm³/mol. The van der Waals surface area contributed by atoms with Gasteiger partial charge in [-0.1, -0.05) is 0 Å². The van der Waals surface area contributed by atoms with Gasteiger partial charge in [-0.25, -0.2) is 4.98 Å². The molecular weight excluding hydrogens is 236 g/mol. The van der Waals surface area contributed by atoms with Crippen molar-refractivity contribution in [3.05, 3.63) is 42.6 Å². The van der Waals surface area contributed by atoms with Crippen molar-refractivity contribution >= 4 is 27.5 Å². The number of nitrogens with zero attached hydrogens (tertiary/aromatic N) is 3. The molecule has 0 spiro atoms. The van der Waals surface area contributed by atoms with Crippen molar-refractivity contribution in [2.45, 2.75) is 0 Å². The minimum absolute atomic E-state index is 0.335. The third-order valence-corrected chi connectivity index (χ3v) is 3.30. The maximum Gasteiger partial charge on any atom is 0.269 e. The highest BCUT2D eigenvalue weighted by Crippen LogP contribution is 2.25. The van der Waals surface area contributed by atoms with Gasteiger partial charge in [0.15, 0.2) is 0 Å². The van der Waals surface area contributed by atoms with Gasteiger partial charge in [-0.15, -0.1) is 0 Å². The fraction of sp³-hybridized carbons (Fsp3) is 0. The first kappa shape index (κ1) is 9.98. The summed E-state index contributed by atoms with van der Waals surface area (Å²) in [5.41, 5.74) is 6.56. The number of nitrogens with two attached hydrogens (primary N) is 1. The first-order valence-electron chi connectivity index (χ1n) is 4.93. The van der Waals surface area contributed by atoms with Gasteiger partial charge in [0.25, 0.3) is 5.91 Å². The lowest BCUT2D eigenvalue weighted by Crippen LogP contribution is -2.11. The van der Waals surface area contributed by atoms with Crippen LogP contribution in [-0.4, -0.2) is 19.8 Å². The van der Waals surface area contributed by atoms with E-state index in [1.807, 2.05) is 29.0 Å². The Morgan fingerprint density at radius 1 is 1.41 bits per heavy atom. The summed E-state index contributed by atoms with van der Waals surface area (Å²) in [6, 6.07) is 5.72. The number of amides is 1. The Bertz CT molecular complexity index is 687. The number of carbonyl (C=O) groups excluding carboxylic acids is 1. The second kappa shape index (κ2) is 3.67. The molecule has 0 atom stereocenters. The molecule has 0 fully saturated rings. The normalized spacial score (nSPS) is 10.8. The summed E-state index contributed by atoms with van der Waals surface area (Å²) in [5.74, 6) is -0.494. The van der Waals surface area contributed by atoms with E-state index in [0.29, 0.717) is 5.69 Å². The molecule has 17 heavy (non-hydrogen) atoms. The fourth-order valence-electron chi connectivity index (χ4n) is 1.68. The highest BCUT2D eigenvalue weighted by Gasteiger charge is 2.11. The average Bonchev–Trinajstić information content (AvgIpc) is 2.97. The van der Waals surface area contributed by atoms with Crippen molar-refractivity contribution in [1.29, 1.82) is 0 Å².